The molecule has 0 bridgehead atoms. The number of nitrogens with zero attached hydrogens (tertiary/aromatic N) is 1. The first-order chi connectivity index (χ1) is 11.7. The average Bonchev–Trinajstić information content (AvgIpc) is 3.24. The van der Waals surface area contributed by atoms with Gasteiger partial charge in [0.05, 0.1) is 12.1 Å². The number of amides is 1. The minimum atomic E-state index is -0.227. The molecule has 1 amide bonds. The third-order valence-corrected chi connectivity index (χ3v) is 5.07. The zero-order chi connectivity index (χ0) is 16.9. The number of hydrogen-bond acceptors (Lipinski definition) is 6. The van der Waals surface area contributed by atoms with E-state index in [9.17, 15) is 4.79 Å². The first kappa shape index (κ1) is 16.9. The number of ether oxygens (including phenoxy) is 1. The van der Waals surface area contributed by atoms with Gasteiger partial charge in [-0.05, 0) is 31.0 Å². The molecule has 6 nitrogen and oxygen atoms in total. The molecular weight excluding hydrogens is 324 g/mol. The van der Waals surface area contributed by atoms with Crippen LogP contribution in [0, 0.1) is 6.92 Å². The number of carbonyl (C=O) groups is 1. The van der Waals surface area contributed by atoms with Crippen LogP contribution in [0.4, 0.5) is 0 Å². The number of thiazole rings is 1. The normalized spacial score (nSPS) is 20.1. The average molecular weight is 346 g/mol. The smallest absolute Gasteiger partial charge is 0.238 e. The predicted octanol–water partition coefficient (Wildman–Crippen LogP) is 1.73. The summed E-state index contributed by atoms with van der Waals surface area (Å²) in [6.45, 7) is 2.59. The van der Waals surface area contributed by atoms with E-state index in [1.165, 1.54) is 0 Å². The zero-order valence-corrected chi connectivity index (χ0v) is 14.7. The molecule has 2 heterocycles. The van der Waals surface area contributed by atoms with E-state index in [0.717, 1.165) is 28.4 Å². The number of carbonyl (C=O) groups excluding carboxylic acids is 1. The molecule has 7 heteroatoms. The Hall–Kier alpha value is -1.96. The van der Waals surface area contributed by atoms with Gasteiger partial charge in [-0.3, -0.25) is 4.79 Å². The standard InChI is InChI=1S/C17H22N4O2S/c1-11-10-24-16(19-11)7-8-18-17(22)15-9-14(20-21-15)12-3-5-13(23-2)6-4-12/h3-6,10,14-15,20-21H,7-9H2,1-2H3,(H,18,22). The first-order valence-electron chi connectivity index (χ1n) is 7.99. The molecule has 1 aromatic heterocycles. The Morgan fingerprint density at radius 2 is 2.17 bits per heavy atom. The van der Waals surface area contributed by atoms with Crippen molar-refractivity contribution in [1.82, 2.24) is 21.2 Å². The van der Waals surface area contributed by atoms with Gasteiger partial charge >= 0.3 is 0 Å². The summed E-state index contributed by atoms with van der Waals surface area (Å²) in [4.78, 5) is 16.7. The largest absolute Gasteiger partial charge is 0.497 e. The number of nitrogens with one attached hydrogen (secondary N) is 3. The van der Waals surface area contributed by atoms with Crippen LogP contribution in [0.15, 0.2) is 29.6 Å². The molecule has 1 saturated heterocycles. The van der Waals surface area contributed by atoms with Crippen LogP contribution in [-0.2, 0) is 11.2 Å². The van der Waals surface area contributed by atoms with Crippen LogP contribution < -0.4 is 20.9 Å². The third-order valence-electron chi connectivity index (χ3n) is 4.04. The number of hydrogen-bond donors (Lipinski definition) is 3. The summed E-state index contributed by atoms with van der Waals surface area (Å²) in [7, 11) is 1.65. The van der Waals surface area contributed by atoms with Crippen LogP contribution in [0.5, 0.6) is 5.75 Å². The first-order valence-corrected chi connectivity index (χ1v) is 8.87. The minimum absolute atomic E-state index is 0.0202. The lowest BCUT2D eigenvalue weighted by atomic mass is 10.0. The van der Waals surface area contributed by atoms with Gasteiger partial charge < -0.3 is 10.1 Å². The lowest BCUT2D eigenvalue weighted by molar-refractivity contribution is -0.122. The van der Waals surface area contributed by atoms with Gasteiger partial charge in [-0.25, -0.2) is 15.8 Å². The van der Waals surface area contributed by atoms with Crippen molar-refractivity contribution in [3.05, 3.63) is 45.9 Å². The van der Waals surface area contributed by atoms with Crippen LogP contribution in [0.25, 0.3) is 0 Å². The molecule has 1 aliphatic heterocycles. The molecule has 1 fully saturated rings. The van der Waals surface area contributed by atoms with Gasteiger partial charge in [-0.15, -0.1) is 11.3 Å². The molecule has 0 spiro atoms. The maximum Gasteiger partial charge on any atom is 0.238 e. The van der Waals surface area contributed by atoms with Gasteiger partial charge in [0.2, 0.25) is 5.91 Å². The van der Waals surface area contributed by atoms with Crippen molar-refractivity contribution in [2.75, 3.05) is 13.7 Å². The fourth-order valence-corrected chi connectivity index (χ4v) is 3.49. The molecule has 0 saturated carbocycles. The highest BCUT2D eigenvalue weighted by atomic mass is 32.1. The number of methoxy groups -OCH3 is 1. The maximum absolute atomic E-state index is 12.3. The lowest BCUT2D eigenvalue weighted by Gasteiger charge is -2.11. The molecule has 0 radical (unpaired) electrons. The van der Waals surface area contributed by atoms with Crippen molar-refractivity contribution in [3.8, 4) is 5.75 Å². The van der Waals surface area contributed by atoms with Crippen molar-refractivity contribution < 1.29 is 9.53 Å². The van der Waals surface area contributed by atoms with E-state index in [0.29, 0.717) is 13.0 Å². The summed E-state index contributed by atoms with van der Waals surface area (Å²) < 4.78 is 5.17. The fourth-order valence-electron chi connectivity index (χ4n) is 2.72. The van der Waals surface area contributed by atoms with Gasteiger partial charge in [-0.1, -0.05) is 12.1 Å². The highest BCUT2D eigenvalue weighted by molar-refractivity contribution is 7.09. The molecule has 2 atom stereocenters. The van der Waals surface area contributed by atoms with E-state index in [-0.39, 0.29) is 18.0 Å². The van der Waals surface area contributed by atoms with Gasteiger partial charge in [0.1, 0.15) is 11.8 Å². The van der Waals surface area contributed by atoms with E-state index < -0.39 is 0 Å². The number of hydrazine groups is 1. The van der Waals surface area contributed by atoms with Crippen LogP contribution >= 0.6 is 11.3 Å². The molecule has 0 aliphatic carbocycles. The van der Waals surface area contributed by atoms with E-state index in [2.05, 4.69) is 21.2 Å². The fraction of sp³-hybridized carbons (Fsp3) is 0.412. The molecule has 3 N–H and O–H groups in total. The Balaban J connectivity index is 1.46. The molecule has 24 heavy (non-hydrogen) atoms. The molecule has 3 rings (SSSR count). The molecule has 1 aliphatic rings. The Kier molecular flexibility index (Phi) is 5.44. The van der Waals surface area contributed by atoms with Crippen LogP contribution in [-0.4, -0.2) is 30.6 Å². The van der Waals surface area contributed by atoms with Crippen molar-refractivity contribution in [3.63, 3.8) is 0 Å². The van der Waals surface area contributed by atoms with Crippen molar-refractivity contribution in [1.29, 1.82) is 0 Å². The minimum Gasteiger partial charge on any atom is -0.497 e. The zero-order valence-electron chi connectivity index (χ0n) is 13.8. The Morgan fingerprint density at radius 3 is 2.83 bits per heavy atom. The molecule has 128 valence electrons. The second-order valence-electron chi connectivity index (χ2n) is 5.83. The number of benzene rings is 1. The Morgan fingerprint density at radius 1 is 1.38 bits per heavy atom. The summed E-state index contributed by atoms with van der Waals surface area (Å²) in [5.41, 5.74) is 8.44. The Labute approximate surface area is 145 Å². The third kappa shape index (κ3) is 4.11. The Bertz CT molecular complexity index is 686. The molecule has 1 aromatic carbocycles. The second-order valence-corrected chi connectivity index (χ2v) is 6.77. The molecular formula is C17H22N4O2S. The number of aryl methyl sites for hydroxylation is 1. The lowest BCUT2D eigenvalue weighted by Crippen LogP contribution is -2.43. The summed E-state index contributed by atoms with van der Waals surface area (Å²) in [6.07, 6.45) is 1.49. The van der Waals surface area contributed by atoms with Gasteiger partial charge in [0.25, 0.3) is 0 Å². The van der Waals surface area contributed by atoms with Crippen molar-refractivity contribution >= 4 is 17.2 Å². The summed E-state index contributed by atoms with van der Waals surface area (Å²) in [5.74, 6) is 0.850. The van der Waals surface area contributed by atoms with Gasteiger partial charge in [-0.2, -0.15) is 0 Å². The molecule has 2 aromatic rings. The van der Waals surface area contributed by atoms with Crippen LogP contribution in [0.3, 0.4) is 0 Å². The van der Waals surface area contributed by atoms with Crippen molar-refractivity contribution in [2.24, 2.45) is 0 Å². The van der Waals surface area contributed by atoms with E-state index in [1.807, 2.05) is 36.6 Å². The van der Waals surface area contributed by atoms with Crippen molar-refractivity contribution in [2.45, 2.75) is 31.8 Å². The monoisotopic (exact) mass is 346 g/mol. The summed E-state index contributed by atoms with van der Waals surface area (Å²) >= 11 is 1.63. The molecule has 2 unspecified atom stereocenters. The van der Waals surface area contributed by atoms with Gasteiger partial charge in [0, 0.05) is 30.1 Å². The van der Waals surface area contributed by atoms with Crippen LogP contribution in [0.2, 0.25) is 0 Å². The number of rotatable bonds is 6. The highest BCUT2D eigenvalue weighted by Gasteiger charge is 2.29. The maximum atomic E-state index is 12.3. The quantitative estimate of drug-likeness (QED) is 0.743. The van der Waals surface area contributed by atoms with Gasteiger partial charge in [0.15, 0.2) is 0 Å². The van der Waals surface area contributed by atoms with Crippen LogP contribution in [0.1, 0.15) is 28.7 Å². The summed E-state index contributed by atoms with van der Waals surface area (Å²) in [6, 6.07) is 7.79. The van der Waals surface area contributed by atoms with E-state index in [1.54, 1.807) is 18.4 Å². The predicted molar refractivity (Wildman–Crippen MR) is 94.0 cm³/mol. The van der Waals surface area contributed by atoms with E-state index >= 15 is 0 Å². The number of aromatic nitrogens is 1. The topological polar surface area (TPSA) is 75.3 Å². The highest BCUT2D eigenvalue weighted by Crippen LogP contribution is 2.24. The second kappa shape index (κ2) is 7.74. The van der Waals surface area contributed by atoms with E-state index in [4.69, 9.17) is 4.74 Å². The summed E-state index contributed by atoms with van der Waals surface area (Å²) in [5, 5.41) is 6.06. The SMILES string of the molecule is COc1ccc(C2CC(C(=O)NCCc3nc(C)cs3)NN2)cc1.